The number of nitrogens with one attached hydrogen (secondary N) is 2. The number of aromatic nitrogens is 2. The average molecular weight is 410 g/mol. The van der Waals surface area contributed by atoms with Gasteiger partial charge in [-0.2, -0.15) is 0 Å². The standard InChI is InChI=1S/C22H23N3OS2/c1-14(10-11-16-7-4-3-5-8-16)23-15(2)20-24-21(26)19-17(13-28-22(19)25-20)18-9-6-12-27-18/h3-9,12-15,23H,10-11H2,1-2H3,(H,24,25,26)/t14-,15-/m0/s1. The van der Waals surface area contributed by atoms with Crippen LogP contribution < -0.4 is 10.9 Å². The molecule has 0 aliphatic rings. The Balaban J connectivity index is 1.48. The summed E-state index contributed by atoms with van der Waals surface area (Å²) in [5.74, 6) is 0.698. The maximum absolute atomic E-state index is 12.8. The number of H-pyrrole nitrogens is 1. The Bertz CT molecular complexity index is 1100. The predicted molar refractivity (Wildman–Crippen MR) is 119 cm³/mol. The molecule has 4 aromatic rings. The number of benzene rings is 1. The minimum Gasteiger partial charge on any atom is -0.309 e. The Morgan fingerprint density at radius 3 is 2.68 bits per heavy atom. The van der Waals surface area contributed by atoms with E-state index in [0.29, 0.717) is 17.3 Å². The first-order valence-electron chi connectivity index (χ1n) is 9.47. The van der Waals surface area contributed by atoms with Crippen molar-refractivity contribution in [3.63, 3.8) is 0 Å². The van der Waals surface area contributed by atoms with Crippen LogP contribution in [0.4, 0.5) is 0 Å². The Hall–Kier alpha value is -2.28. The van der Waals surface area contributed by atoms with Crippen LogP contribution in [0.5, 0.6) is 0 Å². The number of rotatable bonds is 7. The molecule has 0 bridgehead atoms. The van der Waals surface area contributed by atoms with Crippen LogP contribution in [-0.2, 0) is 6.42 Å². The van der Waals surface area contributed by atoms with Crippen LogP contribution in [0.25, 0.3) is 20.7 Å². The highest BCUT2D eigenvalue weighted by Crippen LogP contribution is 2.33. The van der Waals surface area contributed by atoms with Crippen molar-refractivity contribution in [2.45, 2.75) is 38.8 Å². The summed E-state index contributed by atoms with van der Waals surface area (Å²) in [6.45, 7) is 4.23. The number of hydrogen-bond donors (Lipinski definition) is 2. The number of aryl methyl sites for hydroxylation is 1. The van der Waals surface area contributed by atoms with Gasteiger partial charge in [-0.05, 0) is 43.7 Å². The highest BCUT2D eigenvalue weighted by molar-refractivity contribution is 7.18. The molecule has 3 heterocycles. The molecule has 0 spiro atoms. The lowest BCUT2D eigenvalue weighted by atomic mass is 10.1. The largest absolute Gasteiger partial charge is 0.309 e. The summed E-state index contributed by atoms with van der Waals surface area (Å²) in [7, 11) is 0. The van der Waals surface area contributed by atoms with Crippen molar-refractivity contribution in [2.75, 3.05) is 0 Å². The van der Waals surface area contributed by atoms with Gasteiger partial charge in [0.05, 0.1) is 11.4 Å². The van der Waals surface area contributed by atoms with Crippen molar-refractivity contribution in [3.8, 4) is 10.4 Å². The Morgan fingerprint density at radius 2 is 1.93 bits per heavy atom. The van der Waals surface area contributed by atoms with E-state index in [-0.39, 0.29) is 11.6 Å². The van der Waals surface area contributed by atoms with Crippen molar-refractivity contribution >= 4 is 32.9 Å². The van der Waals surface area contributed by atoms with Crippen LogP contribution in [-0.4, -0.2) is 16.0 Å². The van der Waals surface area contributed by atoms with Crippen LogP contribution in [0.15, 0.2) is 58.0 Å². The second-order valence-corrected chi connectivity index (χ2v) is 8.88. The first-order chi connectivity index (χ1) is 13.6. The highest BCUT2D eigenvalue weighted by atomic mass is 32.1. The molecule has 4 nitrogen and oxygen atoms in total. The third kappa shape index (κ3) is 4.09. The maximum Gasteiger partial charge on any atom is 0.260 e. The first kappa shape index (κ1) is 19.1. The predicted octanol–water partition coefficient (Wildman–Crippen LogP) is 5.39. The number of aromatic amines is 1. The topological polar surface area (TPSA) is 57.8 Å². The fourth-order valence-electron chi connectivity index (χ4n) is 3.40. The first-order valence-corrected chi connectivity index (χ1v) is 11.2. The molecule has 144 valence electrons. The molecule has 3 aromatic heterocycles. The van der Waals surface area contributed by atoms with Crippen molar-refractivity contribution in [1.29, 1.82) is 0 Å². The molecular formula is C22H23N3OS2. The molecule has 4 rings (SSSR count). The molecule has 6 heteroatoms. The second kappa shape index (κ2) is 8.39. The summed E-state index contributed by atoms with van der Waals surface area (Å²) in [4.78, 5) is 22.4. The molecule has 1 aromatic carbocycles. The van der Waals surface area contributed by atoms with Gasteiger partial charge in [-0.25, -0.2) is 4.98 Å². The van der Waals surface area contributed by atoms with E-state index < -0.39 is 0 Å². The average Bonchev–Trinajstić information content (AvgIpc) is 3.36. The molecule has 0 fully saturated rings. The minimum atomic E-state index is -0.0600. The highest BCUT2D eigenvalue weighted by Gasteiger charge is 2.17. The van der Waals surface area contributed by atoms with E-state index in [1.54, 1.807) is 11.3 Å². The van der Waals surface area contributed by atoms with E-state index in [1.165, 1.54) is 16.9 Å². The smallest absolute Gasteiger partial charge is 0.260 e. The van der Waals surface area contributed by atoms with E-state index in [0.717, 1.165) is 28.1 Å². The summed E-state index contributed by atoms with van der Waals surface area (Å²) in [6, 6.07) is 14.9. The Kier molecular flexibility index (Phi) is 5.71. The minimum absolute atomic E-state index is 0.0184. The fourth-order valence-corrected chi connectivity index (χ4v) is 5.17. The maximum atomic E-state index is 12.8. The van der Waals surface area contributed by atoms with E-state index in [2.05, 4.69) is 48.4 Å². The van der Waals surface area contributed by atoms with Gasteiger partial charge in [-0.1, -0.05) is 36.4 Å². The SMILES string of the molecule is C[C@H](N[C@@H](C)CCc1ccccc1)c1nc2scc(-c3cccs3)c2c(=O)[nH]1. The zero-order chi connectivity index (χ0) is 19.5. The molecule has 0 saturated heterocycles. The van der Waals surface area contributed by atoms with Gasteiger partial charge in [-0.15, -0.1) is 22.7 Å². The van der Waals surface area contributed by atoms with E-state index in [9.17, 15) is 4.79 Å². The monoisotopic (exact) mass is 409 g/mol. The normalized spacial score (nSPS) is 13.6. The van der Waals surface area contributed by atoms with Crippen LogP contribution in [0.3, 0.4) is 0 Å². The van der Waals surface area contributed by atoms with Gasteiger partial charge in [0.25, 0.3) is 5.56 Å². The van der Waals surface area contributed by atoms with Crippen LogP contribution in [0, 0.1) is 0 Å². The molecule has 0 saturated carbocycles. The number of fused-ring (bicyclic) bond motifs is 1. The molecule has 0 amide bonds. The summed E-state index contributed by atoms with van der Waals surface area (Å²) >= 11 is 3.17. The lowest BCUT2D eigenvalue weighted by Crippen LogP contribution is -2.31. The van der Waals surface area contributed by atoms with Crippen LogP contribution in [0.1, 0.15) is 37.7 Å². The van der Waals surface area contributed by atoms with Crippen molar-refractivity contribution in [2.24, 2.45) is 0 Å². The number of hydrogen-bond acceptors (Lipinski definition) is 5. The third-order valence-electron chi connectivity index (χ3n) is 4.90. The quantitative estimate of drug-likeness (QED) is 0.430. The molecule has 2 N–H and O–H groups in total. The van der Waals surface area contributed by atoms with Gasteiger partial charge < -0.3 is 10.3 Å². The molecule has 0 radical (unpaired) electrons. The lowest BCUT2D eigenvalue weighted by Gasteiger charge is -2.19. The second-order valence-electron chi connectivity index (χ2n) is 7.07. The zero-order valence-electron chi connectivity index (χ0n) is 15.9. The molecule has 0 unspecified atom stereocenters. The van der Waals surface area contributed by atoms with E-state index in [1.807, 2.05) is 29.0 Å². The fraction of sp³-hybridized carbons (Fsp3) is 0.273. The van der Waals surface area contributed by atoms with Gasteiger partial charge in [0.1, 0.15) is 10.7 Å². The summed E-state index contributed by atoms with van der Waals surface area (Å²) in [5.41, 5.74) is 2.26. The number of thiophene rings is 2. The molecule has 0 aliphatic carbocycles. The Morgan fingerprint density at radius 1 is 1.11 bits per heavy atom. The van der Waals surface area contributed by atoms with Crippen molar-refractivity contribution < 1.29 is 0 Å². The van der Waals surface area contributed by atoms with Gasteiger partial charge in [0, 0.05) is 21.9 Å². The van der Waals surface area contributed by atoms with Gasteiger partial charge in [0.15, 0.2) is 0 Å². The lowest BCUT2D eigenvalue weighted by molar-refractivity contribution is 0.443. The third-order valence-corrected chi connectivity index (χ3v) is 6.68. The Labute approximate surface area is 172 Å². The summed E-state index contributed by atoms with van der Waals surface area (Å²) in [5, 5.41) is 8.32. The van der Waals surface area contributed by atoms with Crippen LogP contribution in [0.2, 0.25) is 0 Å². The molecule has 0 aliphatic heterocycles. The van der Waals surface area contributed by atoms with Gasteiger partial charge in [-0.3, -0.25) is 4.79 Å². The molecular weight excluding hydrogens is 386 g/mol. The molecule has 2 atom stereocenters. The number of nitrogens with zero attached hydrogens (tertiary/aromatic N) is 1. The van der Waals surface area contributed by atoms with Crippen molar-refractivity contribution in [1.82, 2.24) is 15.3 Å². The van der Waals surface area contributed by atoms with E-state index in [4.69, 9.17) is 4.98 Å². The van der Waals surface area contributed by atoms with Gasteiger partial charge in [0.2, 0.25) is 0 Å². The van der Waals surface area contributed by atoms with Crippen LogP contribution >= 0.6 is 22.7 Å². The summed E-state index contributed by atoms with van der Waals surface area (Å²) < 4.78 is 0. The zero-order valence-corrected chi connectivity index (χ0v) is 17.6. The van der Waals surface area contributed by atoms with Gasteiger partial charge >= 0.3 is 0 Å². The van der Waals surface area contributed by atoms with E-state index >= 15 is 0 Å². The summed E-state index contributed by atoms with van der Waals surface area (Å²) in [6.07, 6.45) is 2.06. The molecule has 28 heavy (non-hydrogen) atoms. The van der Waals surface area contributed by atoms with Crippen molar-refractivity contribution in [3.05, 3.63) is 75.0 Å².